The van der Waals surface area contributed by atoms with E-state index < -0.39 is 6.04 Å². The third-order valence-electron chi connectivity index (χ3n) is 5.83. The van der Waals surface area contributed by atoms with Gasteiger partial charge in [-0.2, -0.15) is 0 Å². The Bertz CT molecular complexity index is 1460. The molecule has 0 radical (unpaired) electrons. The molecule has 1 aromatic heterocycles. The fourth-order valence-electron chi connectivity index (χ4n) is 4.13. The smallest absolute Gasteiger partial charge is 0.271 e. The molecule has 0 aliphatic carbocycles. The van der Waals surface area contributed by atoms with Gasteiger partial charge in [0.15, 0.2) is 22.1 Å². The number of thiazole rings is 1. The van der Waals surface area contributed by atoms with Crippen molar-refractivity contribution in [3.8, 4) is 11.5 Å². The lowest BCUT2D eigenvalue weighted by Gasteiger charge is -2.25. The molecule has 0 bridgehead atoms. The minimum Gasteiger partial charge on any atom is -0.493 e. The number of carbonyl (C=O) groups excluding carboxylic acids is 1. The maximum absolute atomic E-state index is 13.6. The molecule has 34 heavy (non-hydrogen) atoms. The fraction of sp³-hybridized carbons (Fsp3) is 0.269. The van der Waals surface area contributed by atoms with Crippen molar-refractivity contribution in [1.82, 2.24) is 4.57 Å². The van der Waals surface area contributed by atoms with E-state index in [-0.39, 0.29) is 11.3 Å². The second-order valence-corrected chi connectivity index (χ2v) is 9.25. The van der Waals surface area contributed by atoms with Gasteiger partial charge in [0.1, 0.15) is 0 Å². The van der Waals surface area contributed by atoms with Crippen LogP contribution in [0, 0.1) is 0 Å². The summed E-state index contributed by atoms with van der Waals surface area (Å²) in [4.78, 5) is 33.5. The van der Waals surface area contributed by atoms with Crippen molar-refractivity contribution in [3.63, 3.8) is 0 Å². The molecule has 1 aliphatic heterocycles. The standard InChI is InChI=1S/C26H27N3O4S/c1-15-23(16(2)30)24(18-8-10-19(11-9-18)28(3)4)29-25(31)22(34-26(29)27-15)14-17-7-12-20(32-5)21(13-17)33-6/h7-14,24H,1-6H3/b22-14+/t24-/m0/s1. The molecule has 0 unspecified atom stereocenters. The number of hydrogen-bond acceptors (Lipinski definition) is 7. The van der Waals surface area contributed by atoms with Crippen LogP contribution in [0.5, 0.6) is 11.5 Å². The zero-order valence-corrected chi connectivity index (χ0v) is 20.9. The molecule has 0 N–H and O–H groups in total. The molecule has 0 saturated carbocycles. The summed E-state index contributed by atoms with van der Waals surface area (Å²) in [6, 6.07) is 12.9. The molecule has 2 aromatic carbocycles. The van der Waals surface area contributed by atoms with Gasteiger partial charge in [-0.3, -0.25) is 14.2 Å². The minimum absolute atomic E-state index is 0.0999. The van der Waals surface area contributed by atoms with Crippen molar-refractivity contribution >= 4 is 28.9 Å². The number of carbonyl (C=O) groups is 1. The van der Waals surface area contributed by atoms with Gasteiger partial charge in [-0.05, 0) is 55.3 Å². The number of benzene rings is 2. The van der Waals surface area contributed by atoms with Crippen LogP contribution < -0.4 is 29.3 Å². The number of nitrogens with zero attached hydrogens (tertiary/aromatic N) is 3. The van der Waals surface area contributed by atoms with Crippen LogP contribution in [0.1, 0.15) is 31.0 Å². The van der Waals surface area contributed by atoms with Crippen LogP contribution in [-0.4, -0.2) is 38.7 Å². The number of allylic oxidation sites excluding steroid dienone is 2. The second-order valence-electron chi connectivity index (χ2n) is 8.24. The first kappa shape index (κ1) is 23.5. The molecule has 0 saturated heterocycles. The van der Waals surface area contributed by atoms with Crippen molar-refractivity contribution < 1.29 is 14.3 Å². The van der Waals surface area contributed by atoms with Crippen LogP contribution in [0.15, 0.2) is 63.5 Å². The topological polar surface area (TPSA) is 73.1 Å². The summed E-state index contributed by atoms with van der Waals surface area (Å²) in [6.45, 7) is 3.35. The molecular weight excluding hydrogens is 450 g/mol. The number of methoxy groups -OCH3 is 2. The summed E-state index contributed by atoms with van der Waals surface area (Å²) in [5, 5.41) is 0. The molecule has 2 heterocycles. The first-order valence-electron chi connectivity index (χ1n) is 10.8. The van der Waals surface area contributed by atoms with Gasteiger partial charge in [0.2, 0.25) is 0 Å². The van der Waals surface area contributed by atoms with E-state index in [0.717, 1.165) is 16.8 Å². The van der Waals surface area contributed by atoms with Crippen LogP contribution in [0.4, 0.5) is 5.69 Å². The monoisotopic (exact) mass is 477 g/mol. The van der Waals surface area contributed by atoms with E-state index in [4.69, 9.17) is 9.47 Å². The van der Waals surface area contributed by atoms with Crippen LogP contribution in [0.25, 0.3) is 6.08 Å². The zero-order valence-electron chi connectivity index (χ0n) is 20.1. The molecule has 1 aliphatic rings. The Labute approximate surface area is 201 Å². The van der Waals surface area contributed by atoms with Gasteiger partial charge >= 0.3 is 0 Å². The lowest BCUT2D eigenvalue weighted by Crippen LogP contribution is -2.39. The number of Topliss-reactive ketones (excluding diaryl/α,β-unsaturated/α-hetero) is 1. The maximum Gasteiger partial charge on any atom is 0.271 e. The predicted molar refractivity (Wildman–Crippen MR) is 135 cm³/mol. The summed E-state index contributed by atoms with van der Waals surface area (Å²) in [5.41, 5.74) is 3.68. The fourth-order valence-corrected chi connectivity index (χ4v) is 5.18. The lowest BCUT2D eigenvalue weighted by molar-refractivity contribution is -0.114. The highest BCUT2D eigenvalue weighted by Crippen LogP contribution is 2.31. The first-order chi connectivity index (χ1) is 16.2. The Hall–Kier alpha value is -3.65. The summed E-state index contributed by atoms with van der Waals surface area (Å²) in [7, 11) is 7.09. The molecule has 3 aromatic rings. The third kappa shape index (κ3) is 4.17. The second kappa shape index (κ2) is 9.30. The number of rotatable bonds is 6. The Balaban J connectivity index is 1.91. The maximum atomic E-state index is 13.6. The first-order valence-corrected chi connectivity index (χ1v) is 11.6. The highest BCUT2D eigenvalue weighted by Gasteiger charge is 2.30. The van der Waals surface area contributed by atoms with Crippen LogP contribution in [0.2, 0.25) is 0 Å². The summed E-state index contributed by atoms with van der Waals surface area (Å²) in [5.74, 6) is 1.10. The van der Waals surface area contributed by atoms with E-state index in [1.807, 2.05) is 68.4 Å². The Morgan fingerprint density at radius 1 is 1.09 bits per heavy atom. The van der Waals surface area contributed by atoms with Crippen molar-refractivity contribution in [2.45, 2.75) is 19.9 Å². The van der Waals surface area contributed by atoms with Crippen LogP contribution >= 0.6 is 11.3 Å². The molecule has 4 rings (SSSR count). The van der Waals surface area contributed by atoms with Crippen molar-refractivity contribution in [1.29, 1.82) is 0 Å². The summed E-state index contributed by atoms with van der Waals surface area (Å²) in [6.07, 6.45) is 1.81. The molecule has 0 amide bonds. The van der Waals surface area contributed by atoms with Gasteiger partial charge in [0.25, 0.3) is 5.56 Å². The largest absolute Gasteiger partial charge is 0.493 e. The van der Waals surface area contributed by atoms with Crippen molar-refractivity contribution in [2.75, 3.05) is 33.2 Å². The van der Waals surface area contributed by atoms with E-state index in [0.29, 0.717) is 32.1 Å². The number of hydrogen-bond donors (Lipinski definition) is 0. The van der Waals surface area contributed by atoms with E-state index in [1.54, 1.807) is 24.9 Å². The number of fused-ring (bicyclic) bond motifs is 1. The molecule has 176 valence electrons. The van der Waals surface area contributed by atoms with E-state index in [1.165, 1.54) is 18.3 Å². The van der Waals surface area contributed by atoms with E-state index in [2.05, 4.69) is 4.99 Å². The van der Waals surface area contributed by atoms with Crippen LogP contribution in [0.3, 0.4) is 0 Å². The highest BCUT2D eigenvalue weighted by atomic mass is 32.1. The highest BCUT2D eigenvalue weighted by molar-refractivity contribution is 7.07. The average molecular weight is 478 g/mol. The molecule has 0 fully saturated rings. The average Bonchev–Trinajstić information content (AvgIpc) is 3.12. The van der Waals surface area contributed by atoms with Gasteiger partial charge in [-0.25, -0.2) is 4.99 Å². The SMILES string of the molecule is COc1ccc(/C=c2/sc3n(c2=O)[C@@H](c2ccc(N(C)C)cc2)C(C(C)=O)=C(C)N=3)cc1OC. The Kier molecular flexibility index (Phi) is 6.43. The number of aromatic nitrogens is 1. The predicted octanol–water partition coefficient (Wildman–Crippen LogP) is 2.91. The van der Waals surface area contributed by atoms with Gasteiger partial charge < -0.3 is 14.4 Å². The van der Waals surface area contributed by atoms with E-state index >= 15 is 0 Å². The summed E-state index contributed by atoms with van der Waals surface area (Å²) >= 11 is 1.31. The molecule has 8 heteroatoms. The van der Waals surface area contributed by atoms with Gasteiger partial charge in [-0.15, -0.1) is 0 Å². The normalized spacial score (nSPS) is 15.6. The van der Waals surface area contributed by atoms with E-state index in [9.17, 15) is 9.59 Å². The minimum atomic E-state index is -0.530. The van der Waals surface area contributed by atoms with Crippen molar-refractivity contribution in [2.24, 2.45) is 4.99 Å². The van der Waals surface area contributed by atoms with Gasteiger partial charge in [0, 0.05) is 31.1 Å². The Morgan fingerprint density at radius 2 is 1.76 bits per heavy atom. The molecule has 1 atom stereocenters. The van der Waals surface area contributed by atoms with Crippen molar-refractivity contribution in [3.05, 3.63) is 84.5 Å². The quantitative estimate of drug-likeness (QED) is 0.546. The summed E-state index contributed by atoms with van der Waals surface area (Å²) < 4.78 is 12.9. The molecule has 0 spiro atoms. The number of ether oxygens (including phenoxy) is 2. The number of ketones is 1. The van der Waals surface area contributed by atoms with Gasteiger partial charge in [-0.1, -0.05) is 29.5 Å². The van der Waals surface area contributed by atoms with Crippen LogP contribution in [-0.2, 0) is 4.79 Å². The third-order valence-corrected chi connectivity index (χ3v) is 6.81. The molecular formula is C26H27N3O4S. The number of anilines is 1. The lowest BCUT2D eigenvalue weighted by atomic mass is 9.93. The Morgan fingerprint density at radius 3 is 2.35 bits per heavy atom. The van der Waals surface area contributed by atoms with Gasteiger partial charge in [0.05, 0.1) is 24.8 Å². The zero-order chi connectivity index (χ0) is 24.6. The molecule has 7 nitrogen and oxygen atoms in total.